The minimum atomic E-state index is -3.66. The topological polar surface area (TPSA) is 95.6 Å². The Morgan fingerprint density at radius 2 is 1.68 bits per heavy atom. The molecule has 28 heavy (non-hydrogen) atoms. The summed E-state index contributed by atoms with van der Waals surface area (Å²) in [6.07, 6.45) is 1.35. The van der Waals surface area contributed by atoms with Gasteiger partial charge in [-0.25, -0.2) is 12.7 Å². The fourth-order valence-corrected chi connectivity index (χ4v) is 3.93. The van der Waals surface area contributed by atoms with Crippen LogP contribution < -0.4 is 10.9 Å². The number of sulfonamides is 1. The lowest BCUT2D eigenvalue weighted by Crippen LogP contribution is -2.46. The van der Waals surface area contributed by atoms with Gasteiger partial charge < -0.3 is 0 Å². The van der Waals surface area contributed by atoms with E-state index in [1.807, 2.05) is 0 Å². The van der Waals surface area contributed by atoms with Gasteiger partial charge >= 0.3 is 0 Å². The Labute approximate surface area is 168 Å². The van der Waals surface area contributed by atoms with Crippen LogP contribution >= 0.6 is 11.6 Å². The van der Waals surface area contributed by atoms with Crippen molar-refractivity contribution in [2.45, 2.75) is 23.2 Å². The first-order valence-electron chi connectivity index (χ1n) is 8.56. The van der Waals surface area contributed by atoms with Gasteiger partial charge in [-0.3, -0.25) is 20.4 Å². The van der Waals surface area contributed by atoms with Crippen LogP contribution in [0.2, 0.25) is 5.02 Å². The third-order valence-corrected chi connectivity index (χ3v) is 6.81. The van der Waals surface area contributed by atoms with Gasteiger partial charge in [0.15, 0.2) is 0 Å². The summed E-state index contributed by atoms with van der Waals surface area (Å²) in [6.45, 7) is 0. The predicted octanol–water partition coefficient (Wildman–Crippen LogP) is 2.08. The molecule has 3 rings (SSSR count). The first-order chi connectivity index (χ1) is 13.2. The molecule has 0 saturated heterocycles. The Bertz CT molecular complexity index is 1020. The fourth-order valence-electron chi connectivity index (χ4n) is 2.85. The lowest BCUT2D eigenvalue weighted by Gasteiger charge is -2.17. The van der Waals surface area contributed by atoms with E-state index in [4.69, 9.17) is 11.6 Å². The molecule has 0 bridgehead atoms. The van der Waals surface area contributed by atoms with Crippen molar-refractivity contribution in [1.82, 2.24) is 15.2 Å². The molecular weight excluding hydrogens is 402 g/mol. The van der Waals surface area contributed by atoms with Crippen LogP contribution in [0.1, 0.15) is 28.8 Å². The van der Waals surface area contributed by atoms with E-state index in [0.29, 0.717) is 17.9 Å². The molecule has 0 atom stereocenters. The summed E-state index contributed by atoms with van der Waals surface area (Å²) in [5.74, 6) is -0.920. The Hall–Kier alpha value is -2.42. The molecule has 2 amide bonds. The highest BCUT2D eigenvalue weighted by Crippen LogP contribution is 2.48. The van der Waals surface area contributed by atoms with Crippen molar-refractivity contribution >= 4 is 33.4 Å². The maximum atomic E-state index is 12.6. The molecule has 0 radical (unpaired) electrons. The average Bonchev–Trinajstić information content (AvgIpc) is 3.48. The number of carbonyl (C=O) groups is 2. The van der Waals surface area contributed by atoms with Gasteiger partial charge in [-0.1, -0.05) is 29.8 Å². The number of amides is 2. The van der Waals surface area contributed by atoms with E-state index in [1.54, 1.807) is 24.3 Å². The lowest BCUT2D eigenvalue weighted by atomic mass is 9.95. The summed E-state index contributed by atoms with van der Waals surface area (Å²) in [4.78, 5) is 25.0. The fraction of sp³-hybridized carbons (Fsp3) is 0.263. The molecule has 7 nitrogen and oxygen atoms in total. The van der Waals surface area contributed by atoms with Crippen LogP contribution in [0.25, 0.3) is 0 Å². The molecule has 1 aliphatic carbocycles. The summed E-state index contributed by atoms with van der Waals surface area (Å²) in [6, 6.07) is 12.7. The Balaban J connectivity index is 1.69. The van der Waals surface area contributed by atoms with Crippen molar-refractivity contribution in [3.63, 3.8) is 0 Å². The van der Waals surface area contributed by atoms with Gasteiger partial charge in [0.1, 0.15) is 0 Å². The highest BCUT2D eigenvalue weighted by atomic mass is 35.5. The molecule has 0 heterocycles. The monoisotopic (exact) mass is 421 g/mol. The maximum absolute atomic E-state index is 12.6. The van der Waals surface area contributed by atoms with Crippen molar-refractivity contribution in [3.8, 4) is 0 Å². The molecule has 1 fully saturated rings. The smallest absolute Gasteiger partial charge is 0.269 e. The average molecular weight is 422 g/mol. The molecule has 2 N–H and O–H groups in total. The second-order valence-electron chi connectivity index (χ2n) is 6.81. The van der Waals surface area contributed by atoms with Gasteiger partial charge in [0.2, 0.25) is 15.9 Å². The molecule has 0 unspecified atom stereocenters. The number of hydrogen-bond donors (Lipinski definition) is 2. The number of nitrogens with one attached hydrogen (secondary N) is 2. The van der Waals surface area contributed by atoms with Crippen LogP contribution in [-0.4, -0.2) is 38.6 Å². The molecule has 2 aromatic carbocycles. The summed E-state index contributed by atoms with van der Waals surface area (Å²) in [5, 5.41) is 0.584. The number of carbonyl (C=O) groups excluding carboxylic acids is 2. The van der Waals surface area contributed by atoms with Gasteiger partial charge in [0, 0.05) is 24.7 Å². The largest absolute Gasteiger partial charge is 0.272 e. The standard InChI is InChI=1S/C19H20ClN3O4S/c1-23(2)28(26,27)16-5-3-4-13(12-16)17(24)21-22-18(25)19(10-11-19)14-6-8-15(20)9-7-14/h3-9,12H,10-11H2,1-2H3,(H,21,24)(H,22,25). The predicted molar refractivity (Wildman–Crippen MR) is 105 cm³/mol. The molecule has 148 valence electrons. The third-order valence-electron chi connectivity index (χ3n) is 4.75. The minimum Gasteiger partial charge on any atom is -0.272 e. The Morgan fingerprint density at radius 3 is 2.25 bits per heavy atom. The Morgan fingerprint density at radius 1 is 1.04 bits per heavy atom. The molecule has 0 aromatic heterocycles. The van der Waals surface area contributed by atoms with Crippen LogP contribution in [0.4, 0.5) is 0 Å². The Kier molecular flexibility index (Phi) is 5.47. The van der Waals surface area contributed by atoms with Gasteiger partial charge in [-0.05, 0) is 48.7 Å². The third kappa shape index (κ3) is 3.89. The SMILES string of the molecule is CN(C)S(=O)(=O)c1cccc(C(=O)NNC(=O)C2(c3ccc(Cl)cc3)CC2)c1. The molecular formula is C19H20ClN3O4S. The molecule has 0 spiro atoms. The molecule has 9 heteroatoms. The van der Waals surface area contributed by atoms with E-state index in [1.165, 1.54) is 38.4 Å². The van der Waals surface area contributed by atoms with Gasteiger partial charge in [-0.2, -0.15) is 0 Å². The number of nitrogens with zero attached hydrogens (tertiary/aromatic N) is 1. The molecule has 2 aromatic rings. The van der Waals surface area contributed by atoms with Crippen LogP contribution in [-0.2, 0) is 20.2 Å². The number of benzene rings is 2. The van der Waals surface area contributed by atoms with Crippen molar-refractivity contribution in [1.29, 1.82) is 0 Å². The van der Waals surface area contributed by atoms with Crippen molar-refractivity contribution in [2.75, 3.05) is 14.1 Å². The summed E-state index contributed by atoms with van der Waals surface area (Å²) in [5.41, 5.74) is 5.10. The van der Waals surface area contributed by atoms with Gasteiger partial charge in [0.25, 0.3) is 5.91 Å². The number of hydrazine groups is 1. The van der Waals surface area contributed by atoms with Gasteiger partial charge in [0.05, 0.1) is 10.3 Å². The molecule has 1 aliphatic rings. The zero-order valence-corrected chi connectivity index (χ0v) is 17.0. The van der Waals surface area contributed by atoms with Crippen molar-refractivity contribution in [2.24, 2.45) is 0 Å². The quantitative estimate of drug-likeness (QED) is 0.722. The first-order valence-corrected chi connectivity index (χ1v) is 10.4. The van der Waals surface area contributed by atoms with Crippen LogP contribution in [0.5, 0.6) is 0 Å². The first kappa shape index (κ1) is 20.3. The van der Waals surface area contributed by atoms with E-state index in [0.717, 1.165) is 9.87 Å². The normalized spacial score (nSPS) is 15.1. The van der Waals surface area contributed by atoms with Crippen LogP contribution in [0, 0.1) is 0 Å². The van der Waals surface area contributed by atoms with Crippen molar-refractivity contribution in [3.05, 3.63) is 64.7 Å². The van der Waals surface area contributed by atoms with E-state index in [2.05, 4.69) is 10.9 Å². The number of hydrogen-bond acceptors (Lipinski definition) is 4. The lowest BCUT2D eigenvalue weighted by molar-refractivity contribution is -0.124. The van der Waals surface area contributed by atoms with E-state index < -0.39 is 21.3 Å². The van der Waals surface area contributed by atoms with Gasteiger partial charge in [-0.15, -0.1) is 0 Å². The zero-order valence-electron chi connectivity index (χ0n) is 15.4. The van der Waals surface area contributed by atoms with E-state index in [9.17, 15) is 18.0 Å². The highest BCUT2D eigenvalue weighted by molar-refractivity contribution is 7.89. The highest BCUT2D eigenvalue weighted by Gasteiger charge is 2.51. The molecule has 1 saturated carbocycles. The van der Waals surface area contributed by atoms with E-state index in [-0.39, 0.29) is 16.4 Å². The minimum absolute atomic E-state index is 0.00342. The second kappa shape index (κ2) is 7.54. The number of halogens is 1. The summed E-state index contributed by atoms with van der Waals surface area (Å²) < 4.78 is 25.5. The second-order valence-corrected chi connectivity index (χ2v) is 9.40. The summed E-state index contributed by atoms with van der Waals surface area (Å²) in [7, 11) is -0.840. The summed E-state index contributed by atoms with van der Waals surface area (Å²) >= 11 is 5.89. The van der Waals surface area contributed by atoms with Crippen LogP contribution in [0.15, 0.2) is 53.4 Å². The number of rotatable bonds is 5. The molecule has 0 aliphatic heterocycles. The zero-order chi connectivity index (χ0) is 20.5. The maximum Gasteiger partial charge on any atom is 0.269 e. The van der Waals surface area contributed by atoms with E-state index >= 15 is 0 Å². The van der Waals surface area contributed by atoms with Crippen LogP contribution in [0.3, 0.4) is 0 Å². The van der Waals surface area contributed by atoms with Crippen molar-refractivity contribution < 1.29 is 18.0 Å².